The first kappa shape index (κ1) is 29.3. The number of carbonyl (C=O) groups excluding carboxylic acids is 1. The molecule has 0 aliphatic heterocycles. The predicted molar refractivity (Wildman–Crippen MR) is 154 cm³/mol. The Labute approximate surface area is 225 Å². The monoisotopic (exact) mass is 535 g/mol. The number of aliphatic carboxylic acids is 1. The van der Waals surface area contributed by atoms with E-state index in [2.05, 4.69) is 0 Å². The van der Waals surface area contributed by atoms with Crippen LogP contribution in [0.1, 0.15) is 39.2 Å². The summed E-state index contributed by atoms with van der Waals surface area (Å²) in [6.45, 7) is 5.38. The summed E-state index contributed by atoms with van der Waals surface area (Å²) >= 11 is 0. The van der Waals surface area contributed by atoms with E-state index in [1.807, 2.05) is 86.6 Å². The molecule has 0 aliphatic carbocycles. The highest BCUT2D eigenvalue weighted by Crippen LogP contribution is 2.45. The fourth-order valence-corrected chi connectivity index (χ4v) is 6.56. The van der Waals surface area contributed by atoms with Crippen LogP contribution in [0.15, 0.2) is 84.9 Å². The molecule has 3 atom stereocenters. The van der Waals surface area contributed by atoms with Gasteiger partial charge >= 0.3 is 5.97 Å². The number of nitrogens with zero attached hydrogens (tertiary/aromatic N) is 1. The van der Waals surface area contributed by atoms with Crippen LogP contribution in [0.3, 0.4) is 0 Å². The van der Waals surface area contributed by atoms with E-state index in [9.17, 15) is 24.2 Å². The van der Waals surface area contributed by atoms with Gasteiger partial charge in [0.1, 0.15) is 6.04 Å². The zero-order valence-corrected chi connectivity index (χ0v) is 23.3. The number of aryl methyl sites for hydroxylation is 1. The summed E-state index contributed by atoms with van der Waals surface area (Å²) in [6, 6.07) is 25.6. The van der Waals surface area contributed by atoms with E-state index in [-0.39, 0.29) is 18.2 Å². The van der Waals surface area contributed by atoms with Crippen LogP contribution in [-0.2, 0) is 20.6 Å². The van der Waals surface area contributed by atoms with Gasteiger partial charge in [0.05, 0.1) is 0 Å². The van der Waals surface area contributed by atoms with Crippen LogP contribution < -0.4 is 4.90 Å². The molecule has 0 aliphatic rings. The third kappa shape index (κ3) is 8.41. The Morgan fingerprint density at radius 1 is 0.842 bits per heavy atom. The van der Waals surface area contributed by atoms with E-state index < -0.39 is 31.2 Å². The fraction of sp³-hybridized carbons (Fsp3) is 0.355. The third-order valence-corrected chi connectivity index (χ3v) is 8.69. The van der Waals surface area contributed by atoms with Crippen molar-refractivity contribution >= 4 is 24.9 Å². The summed E-state index contributed by atoms with van der Waals surface area (Å²) < 4.78 is 13.2. The lowest BCUT2D eigenvalue weighted by Gasteiger charge is -2.32. The van der Waals surface area contributed by atoms with E-state index in [0.29, 0.717) is 24.9 Å². The molecule has 0 saturated carbocycles. The molecule has 0 bridgehead atoms. The summed E-state index contributed by atoms with van der Waals surface area (Å²) in [4.78, 5) is 38.0. The van der Waals surface area contributed by atoms with Gasteiger partial charge in [0, 0.05) is 23.9 Å². The Morgan fingerprint density at radius 3 is 1.95 bits per heavy atom. The molecule has 3 aromatic rings. The third-order valence-electron chi connectivity index (χ3n) is 6.66. The van der Waals surface area contributed by atoms with Gasteiger partial charge in [-0.3, -0.25) is 14.3 Å². The van der Waals surface area contributed by atoms with Crippen molar-refractivity contribution in [1.29, 1.82) is 0 Å². The van der Waals surface area contributed by atoms with Crippen LogP contribution in [0, 0.1) is 11.8 Å². The molecule has 2 N–H and O–H groups in total. The van der Waals surface area contributed by atoms with Gasteiger partial charge in [0.25, 0.3) is 0 Å². The zero-order valence-electron chi connectivity index (χ0n) is 22.4. The standard InChI is InChI=1S/C31H38NO5P/c1-23(2)21-28(22-38(36,37)20-10-13-25-11-6-4-7-12-25)30(33)32(24(3)31(34)35)29-18-16-27(17-19-29)26-14-8-5-9-15-26/h4-9,11-12,14-19,23-24,28H,10,13,20-22H2,1-3H3,(H,34,35)(H,36,37)/t24-,28?/m0/s1. The van der Waals surface area contributed by atoms with Gasteiger partial charge in [-0.15, -0.1) is 0 Å². The van der Waals surface area contributed by atoms with Gasteiger partial charge < -0.3 is 10.00 Å². The average molecular weight is 536 g/mol. The van der Waals surface area contributed by atoms with Crippen molar-refractivity contribution in [3.05, 3.63) is 90.5 Å². The molecule has 0 radical (unpaired) electrons. The molecule has 2 unspecified atom stereocenters. The van der Waals surface area contributed by atoms with Crippen molar-refractivity contribution in [1.82, 2.24) is 0 Å². The Bertz CT molecular complexity index is 1230. The van der Waals surface area contributed by atoms with E-state index in [4.69, 9.17) is 0 Å². The molecular weight excluding hydrogens is 497 g/mol. The number of carbonyl (C=O) groups is 2. The molecule has 7 heteroatoms. The normalized spacial score (nSPS) is 14.4. The summed E-state index contributed by atoms with van der Waals surface area (Å²) in [5.41, 5.74) is 3.51. The molecule has 0 spiro atoms. The quantitative estimate of drug-likeness (QED) is 0.237. The number of carboxylic acid groups (broad SMARTS) is 1. The lowest BCUT2D eigenvalue weighted by atomic mass is 9.96. The number of benzene rings is 3. The Morgan fingerprint density at radius 2 is 1.39 bits per heavy atom. The molecular formula is C31H38NO5P. The molecule has 202 valence electrons. The average Bonchev–Trinajstić information content (AvgIpc) is 2.89. The molecule has 38 heavy (non-hydrogen) atoms. The molecule has 1 amide bonds. The second-order valence-corrected chi connectivity index (χ2v) is 12.8. The first-order chi connectivity index (χ1) is 18.1. The van der Waals surface area contributed by atoms with E-state index in [1.165, 1.54) is 11.8 Å². The van der Waals surface area contributed by atoms with Crippen LogP contribution in [0.4, 0.5) is 5.69 Å². The number of hydrogen-bond acceptors (Lipinski definition) is 3. The smallest absolute Gasteiger partial charge is 0.326 e. The van der Waals surface area contributed by atoms with Crippen LogP contribution in [0.25, 0.3) is 11.1 Å². The van der Waals surface area contributed by atoms with Gasteiger partial charge in [-0.25, -0.2) is 4.79 Å². The van der Waals surface area contributed by atoms with E-state index in [1.54, 1.807) is 12.1 Å². The minimum atomic E-state index is -3.62. The molecule has 3 aromatic carbocycles. The largest absolute Gasteiger partial charge is 0.480 e. The molecule has 0 aromatic heterocycles. The highest BCUT2D eigenvalue weighted by atomic mass is 31.2. The number of anilines is 1. The van der Waals surface area contributed by atoms with Crippen LogP contribution in [0.2, 0.25) is 0 Å². The molecule has 3 rings (SSSR count). The predicted octanol–water partition coefficient (Wildman–Crippen LogP) is 6.73. The topological polar surface area (TPSA) is 94.9 Å². The Hall–Kier alpha value is -3.21. The number of amides is 1. The van der Waals surface area contributed by atoms with Crippen LogP contribution in [0.5, 0.6) is 0 Å². The van der Waals surface area contributed by atoms with Gasteiger partial charge in [0.15, 0.2) is 0 Å². The number of hydrogen-bond donors (Lipinski definition) is 2. The van der Waals surface area contributed by atoms with Crippen LogP contribution in [-0.4, -0.2) is 40.2 Å². The summed E-state index contributed by atoms with van der Waals surface area (Å²) in [7, 11) is -3.62. The van der Waals surface area contributed by atoms with Crippen molar-refractivity contribution in [3.8, 4) is 11.1 Å². The molecule has 6 nitrogen and oxygen atoms in total. The summed E-state index contributed by atoms with van der Waals surface area (Å²) in [5.74, 6) is -2.24. The maximum atomic E-state index is 13.9. The lowest BCUT2D eigenvalue weighted by Crippen LogP contribution is -2.47. The number of carboxylic acids is 1. The zero-order chi connectivity index (χ0) is 27.7. The maximum Gasteiger partial charge on any atom is 0.326 e. The van der Waals surface area contributed by atoms with Gasteiger partial charge in [0.2, 0.25) is 13.3 Å². The van der Waals surface area contributed by atoms with Gasteiger partial charge in [-0.1, -0.05) is 86.6 Å². The van der Waals surface area contributed by atoms with Gasteiger partial charge in [-0.05, 0) is 60.9 Å². The SMILES string of the molecule is CC(C)CC(CP(=O)(O)CCCc1ccccc1)C(=O)N(c1ccc(-c2ccccc2)cc1)[C@@H](C)C(=O)O. The van der Waals surface area contributed by atoms with Crippen molar-refractivity contribution < 1.29 is 24.2 Å². The highest BCUT2D eigenvalue weighted by Gasteiger charge is 2.36. The summed E-state index contributed by atoms with van der Waals surface area (Å²) in [5, 5.41) is 9.82. The summed E-state index contributed by atoms with van der Waals surface area (Å²) in [6.07, 6.45) is 1.57. The van der Waals surface area contributed by atoms with Crippen molar-refractivity contribution in [2.45, 2.75) is 46.1 Å². The van der Waals surface area contributed by atoms with Crippen molar-refractivity contribution in [2.24, 2.45) is 11.8 Å². The molecule has 0 fully saturated rings. The minimum Gasteiger partial charge on any atom is -0.480 e. The maximum absolute atomic E-state index is 13.9. The highest BCUT2D eigenvalue weighted by molar-refractivity contribution is 7.58. The van der Waals surface area contributed by atoms with Gasteiger partial charge in [-0.2, -0.15) is 0 Å². The second kappa shape index (κ2) is 13.5. The number of rotatable bonds is 13. The minimum absolute atomic E-state index is 0.0932. The second-order valence-electron chi connectivity index (χ2n) is 10.3. The van der Waals surface area contributed by atoms with E-state index >= 15 is 0 Å². The fourth-order valence-electron chi connectivity index (χ4n) is 4.73. The van der Waals surface area contributed by atoms with E-state index in [0.717, 1.165) is 16.7 Å². The Kier molecular flexibility index (Phi) is 10.5. The first-order valence-electron chi connectivity index (χ1n) is 13.1. The first-order valence-corrected chi connectivity index (χ1v) is 15.2. The van der Waals surface area contributed by atoms with Crippen LogP contribution >= 0.6 is 7.37 Å². The van der Waals surface area contributed by atoms with Crippen molar-refractivity contribution in [3.63, 3.8) is 0 Å². The Balaban J connectivity index is 1.82. The van der Waals surface area contributed by atoms with Crippen molar-refractivity contribution in [2.75, 3.05) is 17.2 Å². The molecule has 0 heterocycles. The lowest BCUT2D eigenvalue weighted by molar-refractivity contribution is -0.140. The molecule has 0 saturated heterocycles.